The second kappa shape index (κ2) is 3.19. The molecule has 0 spiro atoms. The van der Waals surface area contributed by atoms with Crippen LogP contribution in [0.5, 0.6) is 0 Å². The van der Waals surface area contributed by atoms with E-state index in [4.69, 9.17) is 4.74 Å². The molecule has 1 aromatic carbocycles. The maximum atomic E-state index is 11.9. The maximum absolute atomic E-state index is 11.9. The van der Waals surface area contributed by atoms with E-state index in [1.54, 1.807) is 38.1 Å². The summed E-state index contributed by atoms with van der Waals surface area (Å²) >= 11 is 0. The van der Waals surface area contributed by atoms with Crippen LogP contribution in [0.25, 0.3) is 0 Å². The van der Waals surface area contributed by atoms with Gasteiger partial charge in [0.25, 0.3) is 0 Å². The van der Waals surface area contributed by atoms with E-state index in [1.165, 1.54) is 0 Å². The highest BCUT2D eigenvalue weighted by Crippen LogP contribution is 2.33. The number of ketones is 1. The Labute approximate surface area is 88.1 Å². The molecule has 0 bridgehead atoms. The topological polar surface area (TPSA) is 43.4 Å². The molecule has 0 N–H and O–H groups in total. The van der Waals surface area contributed by atoms with E-state index < -0.39 is 17.5 Å². The van der Waals surface area contributed by atoms with Crippen LogP contribution >= 0.6 is 0 Å². The lowest BCUT2D eigenvalue weighted by Crippen LogP contribution is -2.29. The number of hydrogen-bond donors (Lipinski definition) is 0. The van der Waals surface area contributed by atoms with Crippen molar-refractivity contribution < 1.29 is 14.3 Å². The average Bonchev–Trinajstić information content (AvgIpc) is 2.38. The van der Waals surface area contributed by atoms with Crippen LogP contribution in [0, 0.1) is 0 Å². The van der Waals surface area contributed by atoms with Crippen LogP contribution in [0.3, 0.4) is 0 Å². The van der Waals surface area contributed by atoms with E-state index in [0.29, 0.717) is 5.56 Å². The molecule has 1 fully saturated rings. The zero-order valence-corrected chi connectivity index (χ0v) is 8.69. The molecule has 1 heterocycles. The Morgan fingerprint density at radius 2 is 1.73 bits per heavy atom. The van der Waals surface area contributed by atoms with Crippen LogP contribution in [0.2, 0.25) is 0 Å². The smallest absolute Gasteiger partial charge is 0.322 e. The molecule has 1 aliphatic heterocycles. The van der Waals surface area contributed by atoms with E-state index >= 15 is 0 Å². The first-order valence-electron chi connectivity index (χ1n) is 4.84. The van der Waals surface area contributed by atoms with Crippen LogP contribution in [-0.2, 0) is 14.3 Å². The van der Waals surface area contributed by atoms with Gasteiger partial charge in [-0.15, -0.1) is 0 Å². The van der Waals surface area contributed by atoms with Gasteiger partial charge in [0, 0.05) is 0 Å². The molecule has 3 nitrogen and oxygen atoms in total. The highest BCUT2D eigenvalue weighted by atomic mass is 16.6. The molecule has 1 saturated heterocycles. The SMILES string of the molecule is CC1(C)OC(=O)C(c2ccccc2)C1=O. The summed E-state index contributed by atoms with van der Waals surface area (Å²) in [6.45, 7) is 3.24. The third kappa shape index (κ3) is 1.54. The van der Waals surface area contributed by atoms with Gasteiger partial charge in [0.15, 0.2) is 11.4 Å². The quantitative estimate of drug-likeness (QED) is 0.516. The van der Waals surface area contributed by atoms with Gasteiger partial charge in [0.2, 0.25) is 0 Å². The van der Waals surface area contributed by atoms with Gasteiger partial charge in [-0.25, -0.2) is 0 Å². The standard InChI is InChI=1S/C12H12O3/c1-12(2)10(13)9(11(14)15-12)8-6-4-3-5-7-8/h3-7,9H,1-2H3. The number of hydrogen-bond acceptors (Lipinski definition) is 3. The van der Waals surface area contributed by atoms with Crippen molar-refractivity contribution in [3.05, 3.63) is 35.9 Å². The van der Waals surface area contributed by atoms with Gasteiger partial charge in [-0.1, -0.05) is 30.3 Å². The zero-order valence-electron chi connectivity index (χ0n) is 8.69. The first kappa shape index (κ1) is 9.90. The monoisotopic (exact) mass is 204 g/mol. The van der Waals surface area contributed by atoms with E-state index in [9.17, 15) is 9.59 Å². The third-order valence-corrected chi connectivity index (χ3v) is 2.58. The second-order valence-corrected chi connectivity index (χ2v) is 4.14. The van der Waals surface area contributed by atoms with Crippen molar-refractivity contribution in [2.24, 2.45) is 0 Å². The van der Waals surface area contributed by atoms with E-state index in [1.807, 2.05) is 6.07 Å². The van der Waals surface area contributed by atoms with Gasteiger partial charge >= 0.3 is 5.97 Å². The van der Waals surface area contributed by atoms with Gasteiger partial charge in [-0.05, 0) is 19.4 Å². The van der Waals surface area contributed by atoms with Gasteiger partial charge in [-0.2, -0.15) is 0 Å². The van der Waals surface area contributed by atoms with E-state index in [-0.39, 0.29) is 5.78 Å². The predicted molar refractivity (Wildman–Crippen MR) is 54.4 cm³/mol. The molecule has 0 aliphatic carbocycles. The summed E-state index contributed by atoms with van der Waals surface area (Å²) in [6.07, 6.45) is 0. The fourth-order valence-corrected chi connectivity index (χ4v) is 1.75. The molecule has 1 aromatic rings. The van der Waals surface area contributed by atoms with Crippen molar-refractivity contribution in [2.45, 2.75) is 25.4 Å². The molecule has 0 radical (unpaired) electrons. The molecule has 0 amide bonds. The van der Waals surface area contributed by atoms with Crippen molar-refractivity contribution in [1.82, 2.24) is 0 Å². The fourth-order valence-electron chi connectivity index (χ4n) is 1.75. The Kier molecular flexibility index (Phi) is 2.11. The molecule has 15 heavy (non-hydrogen) atoms. The highest BCUT2D eigenvalue weighted by molar-refractivity contribution is 6.13. The molecule has 0 aromatic heterocycles. The summed E-state index contributed by atoms with van der Waals surface area (Å²) in [5.41, 5.74) is -0.282. The number of esters is 1. The van der Waals surface area contributed by atoms with Crippen LogP contribution in [-0.4, -0.2) is 17.4 Å². The molecule has 1 aliphatic rings. The number of ether oxygens (including phenoxy) is 1. The van der Waals surface area contributed by atoms with Gasteiger partial charge < -0.3 is 4.74 Å². The number of carbonyl (C=O) groups excluding carboxylic acids is 2. The summed E-state index contributed by atoms with van der Waals surface area (Å²) in [4.78, 5) is 23.4. The molecule has 1 atom stereocenters. The van der Waals surface area contributed by atoms with Gasteiger partial charge in [0.05, 0.1) is 0 Å². The molecule has 1 unspecified atom stereocenters. The Bertz CT molecular complexity index is 406. The average molecular weight is 204 g/mol. The molecule has 2 rings (SSSR count). The summed E-state index contributed by atoms with van der Waals surface area (Å²) < 4.78 is 5.04. The van der Waals surface area contributed by atoms with Crippen LogP contribution < -0.4 is 0 Å². The molecule has 0 saturated carbocycles. The van der Waals surface area contributed by atoms with E-state index in [0.717, 1.165) is 0 Å². The second-order valence-electron chi connectivity index (χ2n) is 4.14. The molecule has 3 heteroatoms. The molecule has 78 valence electrons. The third-order valence-electron chi connectivity index (χ3n) is 2.58. The normalized spacial score (nSPS) is 24.0. The Balaban J connectivity index is 2.40. The minimum Gasteiger partial charge on any atom is -0.451 e. The van der Waals surface area contributed by atoms with Crippen LogP contribution in [0.1, 0.15) is 25.3 Å². The number of benzene rings is 1. The molecular weight excluding hydrogens is 192 g/mol. The minimum absolute atomic E-state index is 0.168. The first-order chi connectivity index (χ1) is 7.02. The predicted octanol–water partition coefficient (Wildman–Crippen LogP) is 1.67. The van der Waals surface area contributed by atoms with Crippen molar-refractivity contribution in [1.29, 1.82) is 0 Å². The Morgan fingerprint density at radius 3 is 2.20 bits per heavy atom. The fraction of sp³-hybridized carbons (Fsp3) is 0.333. The zero-order chi connectivity index (χ0) is 11.1. The van der Waals surface area contributed by atoms with Gasteiger partial charge in [-0.3, -0.25) is 9.59 Å². The Hall–Kier alpha value is -1.64. The minimum atomic E-state index is -0.989. The van der Waals surface area contributed by atoms with Crippen molar-refractivity contribution in [3.63, 3.8) is 0 Å². The summed E-state index contributed by atoms with van der Waals surface area (Å²) in [5, 5.41) is 0. The summed E-state index contributed by atoms with van der Waals surface area (Å²) in [7, 11) is 0. The number of carbonyl (C=O) groups is 2. The lowest BCUT2D eigenvalue weighted by atomic mass is 9.90. The first-order valence-corrected chi connectivity index (χ1v) is 4.84. The Morgan fingerprint density at radius 1 is 1.13 bits per heavy atom. The molecular formula is C12H12O3. The van der Waals surface area contributed by atoms with Crippen LogP contribution in [0.15, 0.2) is 30.3 Å². The van der Waals surface area contributed by atoms with Crippen LogP contribution in [0.4, 0.5) is 0 Å². The number of cyclic esters (lactones) is 1. The number of rotatable bonds is 1. The highest BCUT2D eigenvalue weighted by Gasteiger charge is 2.49. The number of Topliss-reactive ketones (excluding diaryl/α,β-unsaturated/α-hetero) is 1. The maximum Gasteiger partial charge on any atom is 0.322 e. The summed E-state index contributed by atoms with van der Waals surface area (Å²) in [5.74, 6) is -1.36. The van der Waals surface area contributed by atoms with Crippen molar-refractivity contribution >= 4 is 11.8 Å². The lowest BCUT2D eigenvalue weighted by molar-refractivity contribution is -0.148. The van der Waals surface area contributed by atoms with Gasteiger partial charge in [0.1, 0.15) is 5.92 Å². The van der Waals surface area contributed by atoms with E-state index in [2.05, 4.69) is 0 Å². The summed E-state index contributed by atoms with van der Waals surface area (Å²) in [6, 6.07) is 9.00. The van der Waals surface area contributed by atoms with Crippen molar-refractivity contribution in [2.75, 3.05) is 0 Å². The lowest BCUT2D eigenvalue weighted by Gasteiger charge is -2.13. The van der Waals surface area contributed by atoms with Crippen molar-refractivity contribution in [3.8, 4) is 0 Å². The largest absolute Gasteiger partial charge is 0.451 e.